The molecule has 0 unspecified atom stereocenters. The van der Waals surface area contributed by atoms with Crippen LogP contribution < -0.4 is 5.73 Å². The lowest BCUT2D eigenvalue weighted by atomic mass is 9.94. The van der Waals surface area contributed by atoms with Crippen molar-refractivity contribution in [2.75, 3.05) is 26.3 Å². The maximum atomic E-state index is 11.9. The molecule has 4 nitrogen and oxygen atoms in total. The maximum Gasteiger partial charge on any atom is 0.224 e. The summed E-state index contributed by atoms with van der Waals surface area (Å²) in [6.07, 6.45) is 5.23. The highest BCUT2D eigenvalue weighted by Crippen LogP contribution is 2.20. The fourth-order valence-corrected chi connectivity index (χ4v) is 2.20. The molecule has 0 saturated carbocycles. The third kappa shape index (κ3) is 2.69. The van der Waals surface area contributed by atoms with Gasteiger partial charge in [-0.3, -0.25) is 4.79 Å². The van der Waals surface area contributed by atoms with E-state index in [0.29, 0.717) is 19.6 Å². The molecule has 2 fully saturated rings. The zero-order valence-corrected chi connectivity index (χ0v) is 9.21. The minimum atomic E-state index is -0.372. The summed E-state index contributed by atoms with van der Waals surface area (Å²) in [6, 6.07) is 0. The van der Waals surface area contributed by atoms with Gasteiger partial charge in [0, 0.05) is 19.5 Å². The summed E-state index contributed by atoms with van der Waals surface area (Å²) in [5.41, 5.74) is 5.61. The smallest absolute Gasteiger partial charge is 0.224 e. The molecule has 1 amide bonds. The molecule has 2 aliphatic heterocycles. The van der Waals surface area contributed by atoms with Gasteiger partial charge in [-0.05, 0) is 12.8 Å². The Morgan fingerprint density at radius 1 is 1.20 bits per heavy atom. The molecule has 2 rings (SSSR count). The van der Waals surface area contributed by atoms with E-state index in [4.69, 9.17) is 10.5 Å². The SMILES string of the molecule is NC1(CC(=O)N2CCCCCC2)COC1. The zero-order chi connectivity index (χ0) is 10.7. The Morgan fingerprint density at radius 3 is 2.27 bits per heavy atom. The van der Waals surface area contributed by atoms with Gasteiger partial charge < -0.3 is 15.4 Å². The van der Waals surface area contributed by atoms with Crippen molar-refractivity contribution in [2.45, 2.75) is 37.6 Å². The summed E-state index contributed by atoms with van der Waals surface area (Å²) >= 11 is 0. The molecule has 2 aliphatic rings. The highest BCUT2D eigenvalue weighted by molar-refractivity contribution is 5.77. The second-order valence-electron chi connectivity index (χ2n) is 4.83. The van der Waals surface area contributed by atoms with Gasteiger partial charge in [-0.25, -0.2) is 0 Å². The van der Waals surface area contributed by atoms with Crippen molar-refractivity contribution < 1.29 is 9.53 Å². The molecular weight excluding hydrogens is 192 g/mol. The van der Waals surface area contributed by atoms with Gasteiger partial charge in [0.2, 0.25) is 5.91 Å². The van der Waals surface area contributed by atoms with E-state index in [9.17, 15) is 4.79 Å². The van der Waals surface area contributed by atoms with E-state index in [0.717, 1.165) is 25.9 Å². The number of carbonyl (C=O) groups is 1. The van der Waals surface area contributed by atoms with Crippen LogP contribution in [0.5, 0.6) is 0 Å². The lowest BCUT2D eigenvalue weighted by molar-refractivity contribution is -0.138. The van der Waals surface area contributed by atoms with Crippen LogP contribution in [0.3, 0.4) is 0 Å². The topological polar surface area (TPSA) is 55.6 Å². The predicted octanol–water partition coefficient (Wildman–Crippen LogP) is 0.507. The molecule has 86 valence electrons. The minimum absolute atomic E-state index is 0.211. The van der Waals surface area contributed by atoms with Gasteiger partial charge >= 0.3 is 0 Å². The number of ether oxygens (including phenoxy) is 1. The number of nitrogens with two attached hydrogens (primary N) is 1. The molecular formula is C11H20N2O2. The van der Waals surface area contributed by atoms with Crippen LogP contribution in [0, 0.1) is 0 Å². The molecule has 0 aromatic rings. The number of carbonyl (C=O) groups excluding carboxylic acids is 1. The van der Waals surface area contributed by atoms with Gasteiger partial charge in [0.1, 0.15) is 0 Å². The molecule has 2 saturated heterocycles. The van der Waals surface area contributed by atoms with Crippen molar-refractivity contribution in [2.24, 2.45) is 5.73 Å². The summed E-state index contributed by atoms with van der Waals surface area (Å²) in [5.74, 6) is 0.211. The molecule has 0 radical (unpaired) electrons. The van der Waals surface area contributed by atoms with Crippen molar-refractivity contribution in [1.82, 2.24) is 4.90 Å². The average Bonchev–Trinajstić information content (AvgIpc) is 2.43. The lowest BCUT2D eigenvalue weighted by Gasteiger charge is -2.38. The van der Waals surface area contributed by atoms with Crippen molar-refractivity contribution in [1.29, 1.82) is 0 Å². The highest BCUT2D eigenvalue weighted by atomic mass is 16.5. The summed E-state index contributed by atoms with van der Waals surface area (Å²) in [6.45, 7) is 2.89. The molecule has 0 atom stereocenters. The Hall–Kier alpha value is -0.610. The molecule has 2 heterocycles. The molecule has 2 N–H and O–H groups in total. The van der Waals surface area contributed by atoms with Crippen LogP contribution >= 0.6 is 0 Å². The number of nitrogens with zero attached hydrogens (tertiary/aromatic N) is 1. The highest BCUT2D eigenvalue weighted by Gasteiger charge is 2.37. The first kappa shape index (κ1) is 10.9. The third-order valence-electron chi connectivity index (χ3n) is 3.24. The summed E-state index contributed by atoms with van der Waals surface area (Å²) in [5, 5.41) is 0. The second-order valence-corrected chi connectivity index (χ2v) is 4.83. The predicted molar refractivity (Wildman–Crippen MR) is 57.4 cm³/mol. The number of hydrogen-bond acceptors (Lipinski definition) is 3. The first-order chi connectivity index (χ1) is 7.20. The third-order valence-corrected chi connectivity index (χ3v) is 3.24. The van der Waals surface area contributed by atoms with Gasteiger partial charge in [-0.15, -0.1) is 0 Å². The molecule has 4 heteroatoms. The number of likely N-dealkylation sites (tertiary alicyclic amines) is 1. The van der Waals surface area contributed by atoms with E-state index in [1.807, 2.05) is 4.90 Å². The van der Waals surface area contributed by atoms with Crippen LogP contribution in [0.25, 0.3) is 0 Å². The summed E-state index contributed by atoms with van der Waals surface area (Å²) < 4.78 is 5.06. The normalized spacial score (nSPS) is 25.5. The van der Waals surface area contributed by atoms with Crippen LogP contribution in [-0.4, -0.2) is 42.6 Å². The van der Waals surface area contributed by atoms with Gasteiger partial charge in [-0.1, -0.05) is 12.8 Å². The van der Waals surface area contributed by atoms with E-state index in [1.54, 1.807) is 0 Å². The lowest BCUT2D eigenvalue weighted by Crippen LogP contribution is -2.59. The van der Waals surface area contributed by atoms with Gasteiger partial charge in [0.25, 0.3) is 0 Å². The molecule has 0 spiro atoms. The largest absolute Gasteiger partial charge is 0.377 e. The molecule has 0 aromatic carbocycles. The maximum absolute atomic E-state index is 11.9. The minimum Gasteiger partial charge on any atom is -0.377 e. The molecule has 0 aromatic heterocycles. The second kappa shape index (κ2) is 4.49. The number of hydrogen-bond donors (Lipinski definition) is 1. The van der Waals surface area contributed by atoms with Crippen LogP contribution in [-0.2, 0) is 9.53 Å². The van der Waals surface area contributed by atoms with Crippen molar-refractivity contribution in [3.05, 3.63) is 0 Å². The average molecular weight is 212 g/mol. The van der Waals surface area contributed by atoms with Crippen LogP contribution in [0.15, 0.2) is 0 Å². The molecule has 15 heavy (non-hydrogen) atoms. The van der Waals surface area contributed by atoms with E-state index in [1.165, 1.54) is 12.8 Å². The van der Waals surface area contributed by atoms with E-state index in [2.05, 4.69) is 0 Å². The van der Waals surface area contributed by atoms with Crippen LogP contribution in [0.2, 0.25) is 0 Å². The van der Waals surface area contributed by atoms with Crippen LogP contribution in [0.4, 0.5) is 0 Å². The van der Waals surface area contributed by atoms with Crippen molar-refractivity contribution in [3.63, 3.8) is 0 Å². The number of amides is 1. The molecule has 0 bridgehead atoms. The zero-order valence-electron chi connectivity index (χ0n) is 9.21. The van der Waals surface area contributed by atoms with Crippen LogP contribution in [0.1, 0.15) is 32.1 Å². The Kier molecular flexibility index (Phi) is 3.26. The van der Waals surface area contributed by atoms with E-state index >= 15 is 0 Å². The van der Waals surface area contributed by atoms with Crippen molar-refractivity contribution >= 4 is 5.91 Å². The molecule has 0 aliphatic carbocycles. The summed E-state index contributed by atoms with van der Waals surface area (Å²) in [7, 11) is 0. The first-order valence-electron chi connectivity index (χ1n) is 5.84. The fraction of sp³-hybridized carbons (Fsp3) is 0.909. The van der Waals surface area contributed by atoms with Gasteiger partial charge in [0.15, 0.2) is 0 Å². The fourth-order valence-electron chi connectivity index (χ4n) is 2.20. The first-order valence-corrected chi connectivity index (χ1v) is 5.84. The monoisotopic (exact) mass is 212 g/mol. The van der Waals surface area contributed by atoms with E-state index in [-0.39, 0.29) is 11.4 Å². The Morgan fingerprint density at radius 2 is 1.80 bits per heavy atom. The Balaban J connectivity index is 1.83. The summed E-state index contributed by atoms with van der Waals surface area (Å²) in [4.78, 5) is 13.9. The van der Waals surface area contributed by atoms with Crippen molar-refractivity contribution in [3.8, 4) is 0 Å². The van der Waals surface area contributed by atoms with Gasteiger partial charge in [0.05, 0.1) is 18.8 Å². The Bertz CT molecular complexity index is 231. The van der Waals surface area contributed by atoms with Gasteiger partial charge in [-0.2, -0.15) is 0 Å². The quantitative estimate of drug-likeness (QED) is 0.725. The standard InChI is InChI=1S/C11H20N2O2/c12-11(8-15-9-11)7-10(14)13-5-3-1-2-4-6-13/h1-9,12H2. The number of rotatable bonds is 2. The Labute approximate surface area is 90.8 Å². The van der Waals surface area contributed by atoms with E-state index < -0.39 is 0 Å².